The first kappa shape index (κ1) is 21.7. The summed E-state index contributed by atoms with van der Waals surface area (Å²) in [5.74, 6) is 1.59. The third kappa shape index (κ3) is 5.97. The highest BCUT2D eigenvalue weighted by Gasteiger charge is 2.29. The minimum Gasteiger partial charge on any atom is -0.368 e. The molecule has 1 aromatic rings. The minimum absolute atomic E-state index is 0.161. The molecule has 0 bridgehead atoms. The highest BCUT2D eigenvalue weighted by Crippen LogP contribution is 2.28. The number of nitrogens with zero attached hydrogens (tertiary/aromatic N) is 2. The van der Waals surface area contributed by atoms with E-state index in [1.165, 1.54) is 19.3 Å². The lowest BCUT2D eigenvalue weighted by Crippen LogP contribution is -2.40. The van der Waals surface area contributed by atoms with Crippen molar-refractivity contribution in [3.63, 3.8) is 0 Å². The molecule has 1 fully saturated rings. The van der Waals surface area contributed by atoms with Crippen LogP contribution >= 0.6 is 0 Å². The first-order valence-corrected chi connectivity index (χ1v) is 10.1. The van der Waals surface area contributed by atoms with Crippen LogP contribution in [0.15, 0.2) is 29.3 Å². The summed E-state index contributed by atoms with van der Waals surface area (Å²) in [5, 5.41) is 5.91. The summed E-state index contributed by atoms with van der Waals surface area (Å²) in [4.78, 5) is 29.5. The van der Waals surface area contributed by atoms with Gasteiger partial charge in [-0.15, -0.1) is 0 Å². The van der Waals surface area contributed by atoms with E-state index in [2.05, 4.69) is 34.4 Å². The molecule has 0 saturated carbocycles. The predicted molar refractivity (Wildman–Crippen MR) is 112 cm³/mol. The predicted octanol–water partition coefficient (Wildman–Crippen LogP) is 1.74. The van der Waals surface area contributed by atoms with Crippen molar-refractivity contribution in [3.05, 3.63) is 35.4 Å². The molecule has 7 heteroatoms. The van der Waals surface area contributed by atoms with Gasteiger partial charge in [-0.25, -0.2) is 0 Å². The summed E-state index contributed by atoms with van der Waals surface area (Å²) in [6, 6.07) is 7.29. The Morgan fingerprint density at radius 3 is 2.46 bits per heavy atom. The van der Waals surface area contributed by atoms with Crippen LogP contribution in [0.3, 0.4) is 0 Å². The molecule has 1 saturated heterocycles. The Labute approximate surface area is 167 Å². The van der Waals surface area contributed by atoms with Crippen LogP contribution in [0.1, 0.15) is 49.0 Å². The van der Waals surface area contributed by atoms with E-state index < -0.39 is 5.91 Å². The van der Waals surface area contributed by atoms with Gasteiger partial charge in [0.1, 0.15) is 0 Å². The molecular weight excluding hydrogens is 354 g/mol. The van der Waals surface area contributed by atoms with Crippen LogP contribution in [-0.2, 0) is 11.3 Å². The van der Waals surface area contributed by atoms with Crippen molar-refractivity contribution in [2.45, 2.75) is 39.7 Å². The van der Waals surface area contributed by atoms with Crippen LogP contribution in [0.5, 0.6) is 0 Å². The van der Waals surface area contributed by atoms with Gasteiger partial charge in [-0.05, 0) is 36.0 Å². The highest BCUT2D eigenvalue weighted by atomic mass is 16.2. The quantitative estimate of drug-likeness (QED) is 0.467. The highest BCUT2D eigenvalue weighted by molar-refractivity contribution is 5.96. The van der Waals surface area contributed by atoms with Gasteiger partial charge in [0.2, 0.25) is 5.91 Å². The van der Waals surface area contributed by atoms with Gasteiger partial charge in [0.25, 0.3) is 5.91 Å². The second-order valence-corrected chi connectivity index (χ2v) is 7.32. The van der Waals surface area contributed by atoms with Crippen LogP contribution in [-0.4, -0.2) is 49.4 Å². The molecule has 7 nitrogen and oxygen atoms in total. The zero-order valence-corrected chi connectivity index (χ0v) is 17.2. The van der Waals surface area contributed by atoms with Gasteiger partial charge in [-0.3, -0.25) is 14.6 Å². The first-order chi connectivity index (χ1) is 13.5. The molecule has 1 aliphatic heterocycles. The van der Waals surface area contributed by atoms with E-state index in [1.807, 2.05) is 19.2 Å². The smallest absolute Gasteiger partial charge is 0.251 e. The Bertz CT molecular complexity index is 683. The van der Waals surface area contributed by atoms with Gasteiger partial charge >= 0.3 is 0 Å². The van der Waals surface area contributed by atoms with E-state index in [9.17, 15) is 9.59 Å². The fourth-order valence-electron chi connectivity index (χ4n) is 3.88. The largest absolute Gasteiger partial charge is 0.368 e. The van der Waals surface area contributed by atoms with Crippen LogP contribution in [0, 0.1) is 11.8 Å². The van der Waals surface area contributed by atoms with Crippen LogP contribution in [0.2, 0.25) is 0 Å². The maximum absolute atomic E-state index is 11.9. The van der Waals surface area contributed by atoms with Crippen molar-refractivity contribution in [1.82, 2.24) is 15.5 Å². The van der Waals surface area contributed by atoms with Crippen molar-refractivity contribution >= 4 is 17.8 Å². The molecule has 1 unspecified atom stereocenters. The second kappa shape index (κ2) is 10.7. The molecule has 28 heavy (non-hydrogen) atoms. The average molecular weight is 388 g/mol. The SMILES string of the molecule is CCC(CC)C1CCN(C(=NC)NCc2ccc(C(=O)NCC(N)=O)cc2)C1. The third-order valence-corrected chi connectivity index (χ3v) is 5.54. The Balaban J connectivity index is 1.87. The summed E-state index contributed by atoms with van der Waals surface area (Å²) in [5.41, 5.74) is 6.60. The molecule has 1 atom stereocenters. The molecule has 0 aromatic heterocycles. The van der Waals surface area contributed by atoms with Crippen LogP contribution in [0.4, 0.5) is 0 Å². The number of amides is 2. The molecule has 0 spiro atoms. The Morgan fingerprint density at radius 1 is 1.21 bits per heavy atom. The van der Waals surface area contributed by atoms with E-state index in [1.54, 1.807) is 12.1 Å². The van der Waals surface area contributed by atoms with Crippen LogP contribution in [0.25, 0.3) is 0 Å². The molecule has 2 amide bonds. The fourth-order valence-corrected chi connectivity index (χ4v) is 3.88. The van der Waals surface area contributed by atoms with Gasteiger partial charge < -0.3 is 21.3 Å². The molecule has 0 aliphatic carbocycles. The lowest BCUT2D eigenvalue weighted by atomic mass is 9.87. The van der Waals surface area contributed by atoms with E-state index in [-0.39, 0.29) is 12.5 Å². The van der Waals surface area contributed by atoms with E-state index in [0.29, 0.717) is 12.1 Å². The van der Waals surface area contributed by atoms with E-state index in [0.717, 1.165) is 36.4 Å². The molecule has 1 aromatic carbocycles. The second-order valence-electron chi connectivity index (χ2n) is 7.32. The van der Waals surface area contributed by atoms with E-state index in [4.69, 9.17) is 5.73 Å². The molecule has 0 radical (unpaired) electrons. The number of hydrogen-bond donors (Lipinski definition) is 3. The fraction of sp³-hybridized carbons (Fsp3) is 0.571. The number of rotatable bonds is 8. The summed E-state index contributed by atoms with van der Waals surface area (Å²) in [6.45, 7) is 7.14. The van der Waals surface area contributed by atoms with Crippen molar-refractivity contribution in [1.29, 1.82) is 0 Å². The zero-order chi connectivity index (χ0) is 20.5. The standard InChI is InChI=1S/C21H33N5O2/c1-4-16(5-2)18-10-11-26(14-18)21(23-3)25-12-15-6-8-17(9-7-15)20(28)24-13-19(22)27/h6-9,16,18H,4-5,10-14H2,1-3H3,(H2,22,27)(H,23,25)(H,24,28). The number of aliphatic imine (C=N–C) groups is 1. The zero-order valence-electron chi connectivity index (χ0n) is 17.2. The number of carbonyl (C=O) groups is 2. The van der Waals surface area contributed by atoms with Gasteiger partial charge in [0.05, 0.1) is 6.54 Å². The van der Waals surface area contributed by atoms with Crippen molar-refractivity contribution in [3.8, 4) is 0 Å². The number of carbonyl (C=O) groups excluding carboxylic acids is 2. The molecule has 1 aliphatic rings. The minimum atomic E-state index is -0.561. The normalized spacial score (nSPS) is 17.1. The van der Waals surface area contributed by atoms with E-state index >= 15 is 0 Å². The van der Waals surface area contributed by atoms with Crippen molar-refractivity contribution < 1.29 is 9.59 Å². The number of nitrogens with two attached hydrogens (primary N) is 1. The molecule has 4 N–H and O–H groups in total. The number of benzene rings is 1. The summed E-state index contributed by atoms with van der Waals surface area (Å²) in [6.07, 6.45) is 3.70. The summed E-state index contributed by atoms with van der Waals surface area (Å²) >= 11 is 0. The maximum atomic E-state index is 11.9. The average Bonchev–Trinajstić information content (AvgIpc) is 3.17. The Hall–Kier alpha value is -2.57. The van der Waals surface area contributed by atoms with Crippen LogP contribution < -0.4 is 16.4 Å². The van der Waals surface area contributed by atoms with Crippen molar-refractivity contribution in [2.24, 2.45) is 22.6 Å². The molecular formula is C21H33N5O2. The molecule has 2 rings (SSSR count). The van der Waals surface area contributed by atoms with Gasteiger partial charge in [-0.1, -0.05) is 38.8 Å². The van der Waals surface area contributed by atoms with Gasteiger partial charge in [0.15, 0.2) is 5.96 Å². The van der Waals surface area contributed by atoms with Gasteiger partial charge in [0, 0.05) is 32.2 Å². The third-order valence-electron chi connectivity index (χ3n) is 5.54. The number of nitrogens with one attached hydrogen (secondary N) is 2. The van der Waals surface area contributed by atoms with Gasteiger partial charge in [-0.2, -0.15) is 0 Å². The summed E-state index contributed by atoms with van der Waals surface area (Å²) in [7, 11) is 1.82. The Kier molecular flexibility index (Phi) is 8.29. The lowest BCUT2D eigenvalue weighted by Gasteiger charge is -2.24. The lowest BCUT2D eigenvalue weighted by molar-refractivity contribution is -0.117. The topological polar surface area (TPSA) is 99.8 Å². The number of hydrogen-bond acceptors (Lipinski definition) is 3. The Morgan fingerprint density at radius 2 is 1.89 bits per heavy atom. The molecule has 1 heterocycles. The molecule has 154 valence electrons. The first-order valence-electron chi connectivity index (χ1n) is 10.1. The van der Waals surface area contributed by atoms with Crippen molar-refractivity contribution in [2.75, 3.05) is 26.7 Å². The number of likely N-dealkylation sites (tertiary alicyclic amines) is 1. The maximum Gasteiger partial charge on any atom is 0.251 e. The number of primary amides is 1. The summed E-state index contributed by atoms with van der Waals surface area (Å²) < 4.78 is 0. The number of guanidine groups is 1. The monoisotopic (exact) mass is 387 g/mol.